The number of hydrogen-bond acceptors (Lipinski definition) is 5. The van der Waals surface area contributed by atoms with E-state index in [2.05, 4.69) is 10.3 Å². The Morgan fingerprint density at radius 2 is 1.92 bits per heavy atom. The number of pyridine rings is 1. The zero-order valence-electron chi connectivity index (χ0n) is 13.7. The smallest absolute Gasteiger partial charge is 0.326 e. The van der Waals surface area contributed by atoms with Crippen molar-refractivity contribution >= 4 is 21.9 Å². The molecule has 1 aliphatic heterocycles. The van der Waals surface area contributed by atoms with Crippen LogP contribution in [0, 0.1) is 11.8 Å². The Morgan fingerprint density at radius 1 is 1.24 bits per heavy atom. The fourth-order valence-electron chi connectivity index (χ4n) is 3.09. The van der Waals surface area contributed by atoms with E-state index in [9.17, 15) is 23.1 Å². The van der Waals surface area contributed by atoms with Gasteiger partial charge in [0.1, 0.15) is 10.9 Å². The fraction of sp³-hybridized carbons (Fsp3) is 0.562. The molecule has 2 aliphatic rings. The number of aromatic nitrogens is 1. The van der Waals surface area contributed by atoms with Gasteiger partial charge < -0.3 is 10.4 Å². The van der Waals surface area contributed by atoms with E-state index in [1.807, 2.05) is 0 Å². The number of sulfonamides is 1. The van der Waals surface area contributed by atoms with Crippen molar-refractivity contribution in [3.8, 4) is 0 Å². The van der Waals surface area contributed by atoms with E-state index in [-0.39, 0.29) is 35.7 Å². The maximum absolute atomic E-state index is 12.5. The Bertz CT molecular complexity index is 740. The molecular weight excluding hydrogens is 346 g/mol. The standard InChI is InChI=1S/C16H21N3O5S/c20-15(18-14(16(21)22)11-3-4-11)12-5-8-19(9-6-12)25(23,24)13-2-1-7-17-10-13/h1-2,7,10-12,14H,3-6,8-9H2,(H,18,20)(H,21,22). The number of piperidine rings is 1. The summed E-state index contributed by atoms with van der Waals surface area (Å²) in [5, 5.41) is 11.8. The molecule has 136 valence electrons. The first-order valence-corrected chi connectivity index (χ1v) is 9.77. The van der Waals surface area contributed by atoms with Gasteiger partial charge in [-0.2, -0.15) is 4.31 Å². The van der Waals surface area contributed by atoms with Gasteiger partial charge in [0.15, 0.2) is 0 Å². The largest absolute Gasteiger partial charge is 0.480 e. The highest BCUT2D eigenvalue weighted by Crippen LogP contribution is 2.33. The molecule has 1 saturated carbocycles. The van der Waals surface area contributed by atoms with E-state index < -0.39 is 22.0 Å². The molecule has 1 amide bonds. The summed E-state index contributed by atoms with van der Waals surface area (Å²) in [6.07, 6.45) is 5.21. The lowest BCUT2D eigenvalue weighted by molar-refractivity contribution is -0.143. The number of nitrogens with one attached hydrogen (secondary N) is 1. The minimum atomic E-state index is -3.61. The average Bonchev–Trinajstić information content (AvgIpc) is 3.45. The van der Waals surface area contributed by atoms with Gasteiger partial charge in [0.2, 0.25) is 15.9 Å². The molecule has 1 saturated heterocycles. The van der Waals surface area contributed by atoms with Crippen molar-refractivity contribution in [2.75, 3.05) is 13.1 Å². The highest BCUT2D eigenvalue weighted by Gasteiger charge is 2.39. The molecule has 1 atom stereocenters. The summed E-state index contributed by atoms with van der Waals surface area (Å²) < 4.78 is 26.4. The van der Waals surface area contributed by atoms with Crippen LogP contribution in [0.25, 0.3) is 0 Å². The molecule has 8 nitrogen and oxygen atoms in total. The van der Waals surface area contributed by atoms with Crippen LogP contribution in [-0.4, -0.2) is 53.8 Å². The van der Waals surface area contributed by atoms with Crippen molar-refractivity contribution in [3.63, 3.8) is 0 Å². The van der Waals surface area contributed by atoms with Gasteiger partial charge in [0, 0.05) is 31.4 Å². The van der Waals surface area contributed by atoms with Crippen molar-refractivity contribution in [3.05, 3.63) is 24.5 Å². The van der Waals surface area contributed by atoms with E-state index in [0.717, 1.165) is 12.8 Å². The van der Waals surface area contributed by atoms with E-state index in [1.165, 1.54) is 22.8 Å². The summed E-state index contributed by atoms with van der Waals surface area (Å²) in [4.78, 5) is 27.5. The molecule has 2 N–H and O–H groups in total. The first-order chi connectivity index (χ1) is 11.9. The van der Waals surface area contributed by atoms with Gasteiger partial charge in [-0.15, -0.1) is 0 Å². The third-order valence-electron chi connectivity index (χ3n) is 4.75. The highest BCUT2D eigenvalue weighted by molar-refractivity contribution is 7.89. The first kappa shape index (κ1) is 17.8. The summed E-state index contributed by atoms with van der Waals surface area (Å²) in [5.41, 5.74) is 0. The summed E-state index contributed by atoms with van der Waals surface area (Å²) >= 11 is 0. The van der Waals surface area contributed by atoms with E-state index in [4.69, 9.17) is 0 Å². The molecule has 2 heterocycles. The number of rotatable bonds is 6. The minimum absolute atomic E-state index is 0.0208. The maximum Gasteiger partial charge on any atom is 0.326 e. The summed E-state index contributed by atoms with van der Waals surface area (Å²) in [7, 11) is -3.61. The third-order valence-corrected chi connectivity index (χ3v) is 6.64. The first-order valence-electron chi connectivity index (χ1n) is 8.33. The summed E-state index contributed by atoms with van der Waals surface area (Å²) in [5.74, 6) is -1.64. The molecule has 0 spiro atoms. The molecule has 1 unspecified atom stereocenters. The normalized spacial score (nSPS) is 20.8. The number of carbonyl (C=O) groups excluding carboxylic acids is 1. The van der Waals surface area contributed by atoms with Crippen molar-refractivity contribution in [1.29, 1.82) is 0 Å². The molecule has 3 rings (SSSR count). The molecule has 0 aromatic carbocycles. The van der Waals surface area contributed by atoms with Crippen molar-refractivity contribution in [2.24, 2.45) is 11.8 Å². The van der Waals surface area contributed by atoms with Crippen LogP contribution in [0.5, 0.6) is 0 Å². The number of nitrogens with zero attached hydrogens (tertiary/aromatic N) is 2. The van der Waals surface area contributed by atoms with Crippen LogP contribution in [0.2, 0.25) is 0 Å². The molecule has 25 heavy (non-hydrogen) atoms. The average molecular weight is 367 g/mol. The van der Waals surface area contributed by atoms with Crippen LogP contribution < -0.4 is 5.32 Å². The number of carboxylic acids is 1. The minimum Gasteiger partial charge on any atom is -0.480 e. The van der Waals surface area contributed by atoms with Gasteiger partial charge in [-0.3, -0.25) is 9.78 Å². The van der Waals surface area contributed by atoms with Crippen molar-refractivity contribution < 1.29 is 23.1 Å². The van der Waals surface area contributed by atoms with Gasteiger partial charge >= 0.3 is 5.97 Å². The van der Waals surface area contributed by atoms with E-state index in [1.54, 1.807) is 6.07 Å². The van der Waals surface area contributed by atoms with Crippen molar-refractivity contribution in [1.82, 2.24) is 14.6 Å². The van der Waals surface area contributed by atoms with Crippen LogP contribution in [-0.2, 0) is 19.6 Å². The Kier molecular flexibility index (Phi) is 5.05. The lowest BCUT2D eigenvalue weighted by atomic mass is 9.96. The van der Waals surface area contributed by atoms with Crippen LogP contribution in [0.15, 0.2) is 29.4 Å². The van der Waals surface area contributed by atoms with E-state index >= 15 is 0 Å². The van der Waals surface area contributed by atoms with Gasteiger partial charge in [-0.1, -0.05) is 0 Å². The maximum atomic E-state index is 12.5. The van der Waals surface area contributed by atoms with Gasteiger partial charge in [-0.25, -0.2) is 13.2 Å². The molecule has 0 bridgehead atoms. The molecule has 0 radical (unpaired) electrons. The lowest BCUT2D eigenvalue weighted by Gasteiger charge is -2.31. The number of carboxylic acid groups (broad SMARTS) is 1. The second-order valence-electron chi connectivity index (χ2n) is 6.53. The highest BCUT2D eigenvalue weighted by atomic mass is 32.2. The monoisotopic (exact) mass is 367 g/mol. The van der Waals surface area contributed by atoms with Crippen molar-refractivity contribution in [2.45, 2.75) is 36.6 Å². The summed E-state index contributed by atoms with van der Waals surface area (Å²) in [6.45, 7) is 0.465. The zero-order valence-corrected chi connectivity index (χ0v) is 14.5. The Morgan fingerprint density at radius 3 is 2.44 bits per heavy atom. The number of carbonyl (C=O) groups is 2. The predicted octanol–water partition coefficient (Wildman–Crippen LogP) is 0.462. The molecule has 2 fully saturated rings. The quantitative estimate of drug-likeness (QED) is 0.754. The number of aliphatic carboxylic acids is 1. The van der Waals surface area contributed by atoms with Gasteiger partial charge in [0.25, 0.3) is 0 Å². The molecule has 1 aromatic heterocycles. The van der Waals surface area contributed by atoms with Crippen LogP contribution >= 0.6 is 0 Å². The van der Waals surface area contributed by atoms with Crippen LogP contribution in [0.4, 0.5) is 0 Å². The second kappa shape index (κ2) is 7.09. The number of amides is 1. The molecule has 1 aromatic rings. The summed E-state index contributed by atoms with van der Waals surface area (Å²) in [6, 6.07) is 2.23. The Hall–Kier alpha value is -2.00. The second-order valence-corrected chi connectivity index (χ2v) is 8.47. The fourth-order valence-corrected chi connectivity index (χ4v) is 4.52. The molecular formula is C16H21N3O5S. The van der Waals surface area contributed by atoms with Gasteiger partial charge in [0.05, 0.1) is 0 Å². The Labute approximate surface area is 146 Å². The topological polar surface area (TPSA) is 117 Å². The third kappa shape index (κ3) is 3.98. The molecule has 9 heteroatoms. The van der Waals surface area contributed by atoms with Gasteiger partial charge in [-0.05, 0) is 43.7 Å². The zero-order chi connectivity index (χ0) is 18.0. The predicted molar refractivity (Wildman–Crippen MR) is 88.0 cm³/mol. The van der Waals surface area contributed by atoms with Crippen LogP contribution in [0.1, 0.15) is 25.7 Å². The lowest BCUT2D eigenvalue weighted by Crippen LogP contribution is -2.48. The van der Waals surface area contributed by atoms with Crippen LogP contribution in [0.3, 0.4) is 0 Å². The van der Waals surface area contributed by atoms with E-state index in [0.29, 0.717) is 12.8 Å². The SMILES string of the molecule is O=C(NC(C(=O)O)C1CC1)C1CCN(S(=O)(=O)c2cccnc2)CC1. The Balaban J connectivity index is 1.58. The molecule has 1 aliphatic carbocycles. The number of hydrogen-bond donors (Lipinski definition) is 2.